The third kappa shape index (κ3) is 3.15. The number of hydrogen-bond acceptors (Lipinski definition) is 6. The molecule has 1 heterocycles. The van der Waals surface area contributed by atoms with Crippen LogP contribution in [0.5, 0.6) is 11.5 Å². The van der Waals surface area contributed by atoms with Crippen LogP contribution in [0.3, 0.4) is 0 Å². The Labute approximate surface area is 131 Å². The van der Waals surface area contributed by atoms with Crippen molar-refractivity contribution in [1.82, 2.24) is 8.75 Å². The summed E-state index contributed by atoms with van der Waals surface area (Å²) in [7, 11) is 1.59. The van der Waals surface area contributed by atoms with Crippen molar-refractivity contribution in [1.29, 1.82) is 0 Å². The molecule has 0 bridgehead atoms. The van der Waals surface area contributed by atoms with Crippen molar-refractivity contribution in [2.24, 2.45) is 0 Å². The molecule has 0 fully saturated rings. The van der Waals surface area contributed by atoms with Gasteiger partial charge in [0.1, 0.15) is 22.5 Å². The summed E-state index contributed by atoms with van der Waals surface area (Å²) < 4.78 is 18.8. The topological polar surface area (TPSA) is 73.3 Å². The minimum Gasteiger partial charge on any atom is -0.497 e. The smallest absolute Gasteiger partial charge is 0.262 e. The van der Waals surface area contributed by atoms with Crippen molar-refractivity contribution >= 4 is 34.4 Å². The van der Waals surface area contributed by atoms with E-state index in [9.17, 15) is 4.79 Å². The molecule has 0 aliphatic carbocycles. The molecule has 0 saturated carbocycles. The molecule has 22 heavy (non-hydrogen) atoms. The Kier molecular flexibility index (Phi) is 4.15. The van der Waals surface area contributed by atoms with Gasteiger partial charge in [-0.05, 0) is 36.4 Å². The molecule has 1 amide bonds. The monoisotopic (exact) mass is 315 g/mol. The summed E-state index contributed by atoms with van der Waals surface area (Å²) in [6.07, 6.45) is 0. The second-order valence-corrected chi connectivity index (χ2v) is 4.98. The van der Waals surface area contributed by atoms with Gasteiger partial charge in [-0.1, -0.05) is 6.07 Å². The molecule has 3 rings (SSSR count). The average Bonchev–Trinajstić information content (AvgIpc) is 3.03. The maximum Gasteiger partial charge on any atom is 0.262 e. The molecule has 0 saturated heterocycles. The summed E-state index contributed by atoms with van der Waals surface area (Å²) in [4.78, 5) is 12.0. The SMILES string of the molecule is COc1ccc(OCC(=O)Nc2cccc3nsnc23)cc1. The molecular weight excluding hydrogens is 302 g/mol. The summed E-state index contributed by atoms with van der Waals surface area (Å²) in [5.41, 5.74) is 2.08. The van der Waals surface area contributed by atoms with Gasteiger partial charge >= 0.3 is 0 Å². The number of aromatic nitrogens is 2. The fourth-order valence-electron chi connectivity index (χ4n) is 1.91. The molecule has 2 aromatic carbocycles. The Bertz CT molecular complexity index is 786. The van der Waals surface area contributed by atoms with Crippen LogP contribution in [0.25, 0.3) is 11.0 Å². The number of benzene rings is 2. The molecule has 7 heteroatoms. The highest BCUT2D eigenvalue weighted by Crippen LogP contribution is 2.21. The van der Waals surface area contributed by atoms with E-state index in [1.807, 2.05) is 12.1 Å². The van der Waals surface area contributed by atoms with Crippen molar-refractivity contribution in [3.05, 3.63) is 42.5 Å². The summed E-state index contributed by atoms with van der Waals surface area (Å²) in [6.45, 7) is -0.0831. The van der Waals surface area contributed by atoms with Crippen molar-refractivity contribution in [3.63, 3.8) is 0 Å². The Morgan fingerprint density at radius 3 is 2.68 bits per heavy atom. The zero-order valence-corrected chi connectivity index (χ0v) is 12.6. The lowest BCUT2D eigenvalue weighted by atomic mass is 10.2. The van der Waals surface area contributed by atoms with Gasteiger partial charge in [-0.15, -0.1) is 0 Å². The second-order valence-electron chi connectivity index (χ2n) is 4.45. The summed E-state index contributed by atoms with van der Waals surface area (Å²) >= 11 is 1.11. The Balaban J connectivity index is 1.61. The molecule has 0 atom stereocenters. The zero-order valence-electron chi connectivity index (χ0n) is 11.8. The average molecular weight is 315 g/mol. The highest BCUT2D eigenvalue weighted by Gasteiger charge is 2.09. The van der Waals surface area contributed by atoms with Crippen LogP contribution >= 0.6 is 11.7 Å². The van der Waals surface area contributed by atoms with Crippen LogP contribution < -0.4 is 14.8 Å². The van der Waals surface area contributed by atoms with E-state index in [1.165, 1.54) is 0 Å². The summed E-state index contributed by atoms with van der Waals surface area (Å²) in [5, 5.41) is 2.78. The standard InChI is InChI=1S/C15H13N3O3S/c1-20-10-5-7-11(8-6-10)21-9-14(19)16-12-3-2-4-13-15(12)18-22-17-13/h2-8H,9H2,1H3,(H,16,19). The number of carbonyl (C=O) groups excluding carboxylic acids is 1. The minimum absolute atomic E-state index is 0.0831. The Morgan fingerprint density at radius 2 is 1.91 bits per heavy atom. The number of carbonyl (C=O) groups is 1. The van der Waals surface area contributed by atoms with E-state index in [1.54, 1.807) is 37.4 Å². The first-order valence-corrected chi connectivity index (χ1v) is 7.27. The van der Waals surface area contributed by atoms with Gasteiger partial charge in [0, 0.05) is 0 Å². The normalized spacial score (nSPS) is 10.4. The van der Waals surface area contributed by atoms with E-state index >= 15 is 0 Å². The van der Waals surface area contributed by atoms with Crippen molar-refractivity contribution < 1.29 is 14.3 Å². The van der Waals surface area contributed by atoms with E-state index in [0.29, 0.717) is 17.0 Å². The van der Waals surface area contributed by atoms with E-state index in [-0.39, 0.29) is 12.5 Å². The highest BCUT2D eigenvalue weighted by molar-refractivity contribution is 7.00. The number of rotatable bonds is 5. The van der Waals surface area contributed by atoms with Crippen LogP contribution in [-0.2, 0) is 4.79 Å². The molecule has 0 radical (unpaired) electrons. The fraction of sp³-hybridized carbons (Fsp3) is 0.133. The molecule has 0 spiro atoms. The molecule has 0 unspecified atom stereocenters. The predicted octanol–water partition coefficient (Wildman–Crippen LogP) is 2.72. The van der Waals surface area contributed by atoms with Gasteiger partial charge < -0.3 is 14.8 Å². The number of nitrogens with one attached hydrogen (secondary N) is 1. The van der Waals surface area contributed by atoms with Gasteiger partial charge in [0.15, 0.2) is 6.61 Å². The van der Waals surface area contributed by atoms with Gasteiger partial charge in [0.05, 0.1) is 24.5 Å². The lowest BCUT2D eigenvalue weighted by Crippen LogP contribution is -2.20. The molecule has 0 aliphatic heterocycles. The number of hydrogen-bond donors (Lipinski definition) is 1. The first kappa shape index (κ1) is 14.3. The number of fused-ring (bicyclic) bond motifs is 1. The van der Waals surface area contributed by atoms with Crippen LogP contribution in [0.15, 0.2) is 42.5 Å². The largest absolute Gasteiger partial charge is 0.497 e. The van der Waals surface area contributed by atoms with Gasteiger partial charge in [-0.25, -0.2) is 0 Å². The third-order valence-corrected chi connectivity index (χ3v) is 3.53. The van der Waals surface area contributed by atoms with Gasteiger partial charge in [0.25, 0.3) is 5.91 Å². The van der Waals surface area contributed by atoms with Crippen molar-refractivity contribution in [2.45, 2.75) is 0 Å². The Morgan fingerprint density at radius 1 is 1.14 bits per heavy atom. The first-order chi connectivity index (χ1) is 10.8. The summed E-state index contributed by atoms with van der Waals surface area (Å²) in [6, 6.07) is 12.5. The molecule has 0 aliphatic rings. The van der Waals surface area contributed by atoms with Crippen molar-refractivity contribution in [2.75, 3.05) is 19.0 Å². The van der Waals surface area contributed by atoms with Crippen LogP contribution in [-0.4, -0.2) is 28.4 Å². The van der Waals surface area contributed by atoms with Crippen molar-refractivity contribution in [3.8, 4) is 11.5 Å². The Hall–Kier alpha value is -2.67. The maximum atomic E-state index is 12.0. The lowest BCUT2D eigenvalue weighted by Gasteiger charge is -2.08. The molecule has 1 N–H and O–H groups in total. The quantitative estimate of drug-likeness (QED) is 0.783. The number of anilines is 1. The molecule has 112 valence electrons. The number of ether oxygens (including phenoxy) is 2. The number of amides is 1. The maximum absolute atomic E-state index is 12.0. The van der Waals surface area contributed by atoms with Crippen LogP contribution in [0.2, 0.25) is 0 Å². The molecular formula is C15H13N3O3S. The fourth-order valence-corrected chi connectivity index (χ4v) is 2.46. The van der Waals surface area contributed by atoms with Gasteiger partial charge in [-0.2, -0.15) is 8.75 Å². The van der Waals surface area contributed by atoms with Crippen LogP contribution in [0.4, 0.5) is 5.69 Å². The third-order valence-electron chi connectivity index (χ3n) is 2.99. The minimum atomic E-state index is -0.253. The van der Waals surface area contributed by atoms with Crippen LogP contribution in [0, 0.1) is 0 Å². The van der Waals surface area contributed by atoms with E-state index in [2.05, 4.69) is 14.1 Å². The lowest BCUT2D eigenvalue weighted by molar-refractivity contribution is -0.118. The summed E-state index contributed by atoms with van der Waals surface area (Å²) in [5.74, 6) is 1.08. The van der Waals surface area contributed by atoms with E-state index in [4.69, 9.17) is 9.47 Å². The van der Waals surface area contributed by atoms with E-state index < -0.39 is 0 Å². The zero-order chi connectivity index (χ0) is 15.4. The van der Waals surface area contributed by atoms with E-state index in [0.717, 1.165) is 23.0 Å². The van der Waals surface area contributed by atoms with Crippen LogP contribution in [0.1, 0.15) is 0 Å². The molecule has 3 aromatic rings. The molecule has 1 aromatic heterocycles. The first-order valence-electron chi connectivity index (χ1n) is 6.54. The number of nitrogens with zero attached hydrogens (tertiary/aromatic N) is 2. The number of methoxy groups -OCH3 is 1. The highest BCUT2D eigenvalue weighted by atomic mass is 32.1. The molecule has 6 nitrogen and oxygen atoms in total. The van der Waals surface area contributed by atoms with Gasteiger partial charge in [-0.3, -0.25) is 4.79 Å². The van der Waals surface area contributed by atoms with Gasteiger partial charge in [0.2, 0.25) is 0 Å². The predicted molar refractivity (Wildman–Crippen MR) is 84.5 cm³/mol. The second kappa shape index (κ2) is 6.40.